The van der Waals surface area contributed by atoms with Crippen LogP contribution in [0.1, 0.15) is 36.6 Å². The third-order valence-corrected chi connectivity index (χ3v) is 5.58. The summed E-state index contributed by atoms with van der Waals surface area (Å²) in [6.45, 7) is 7.33. The van der Waals surface area contributed by atoms with Crippen molar-refractivity contribution in [3.8, 4) is 0 Å². The van der Waals surface area contributed by atoms with Crippen LogP contribution in [0.15, 0.2) is 42.7 Å². The first-order valence-corrected chi connectivity index (χ1v) is 10.1. The predicted molar refractivity (Wildman–Crippen MR) is 118 cm³/mol. The summed E-state index contributed by atoms with van der Waals surface area (Å²) in [4.78, 5) is 23.0. The summed E-state index contributed by atoms with van der Waals surface area (Å²) in [5, 5.41) is 10.7. The highest BCUT2D eigenvalue weighted by Gasteiger charge is 2.30. The van der Waals surface area contributed by atoms with Crippen LogP contribution in [0.2, 0.25) is 0 Å². The molecule has 3 aromatic rings. The third kappa shape index (κ3) is 3.98. The van der Waals surface area contributed by atoms with Gasteiger partial charge in [0.15, 0.2) is 5.82 Å². The number of fused-ring (bicyclic) bond motifs is 1. The fourth-order valence-corrected chi connectivity index (χ4v) is 3.57. The molecular weight excluding hydrogens is 378 g/mol. The standard InChI is InChI=1S/C22H27N7O/c1-14(18-8-6-5-7-9-18)12-29-13-17(11-24-29)10-23-22-25-15(2)19-20(27-22)28(4)16(3)21(30)26-19/h5-9,11,13-14,16H,10,12H2,1-4H3,(H,26,30)(H,23,25,27)/t14?,16-/m0/s1. The Morgan fingerprint density at radius 2 is 2.00 bits per heavy atom. The second-order valence-corrected chi connectivity index (χ2v) is 7.84. The van der Waals surface area contributed by atoms with Crippen molar-refractivity contribution in [3.63, 3.8) is 0 Å². The van der Waals surface area contributed by atoms with Crippen LogP contribution in [0, 0.1) is 6.92 Å². The fourth-order valence-electron chi connectivity index (χ4n) is 3.57. The monoisotopic (exact) mass is 405 g/mol. The van der Waals surface area contributed by atoms with Crippen molar-refractivity contribution in [2.24, 2.45) is 0 Å². The summed E-state index contributed by atoms with van der Waals surface area (Å²) in [7, 11) is 1.87. The summed E-state index contributed by atoms with van der Waals surface area (Å²) in [6, 6.07) is 10.2. The lowest BCUT2D eigenvalue weighted by Crippen LogP contribution is -2.44. The van der Waals surface area contributed by atoms with Gasteiger partial charge in [0.05, 0.1) is 11.9 Å². The van der Waals surface area contributed by atoms with Gasteiger partial charge >= 0.3 is 0 Å². The van der Waals surface area contributed by atoms with Gasteiger partial charge in [-0.3, -0.25) is 9.48 Å². The SMILES string of the molecule is Cc1nc(NCc2cnn(CC(C)c3ccccc3)c2)nc2c1NC(=O)[C@H](C)N2C. The Morgan fingerprint density at radius 3 is 2.77 bits per heavy atom. The molecule has 0 fully saturated rings. The summed E-state index contributed by atoms with van der Waals surface area (Å²) in [5.74, 6) is 1.59. The largest absolute Gasteiger partial charge is 0.350 e. The molecule has 0 spiro atoms. The van der Waals surface area contributed by atoms with Crippen molar-refractivity contribution in [2.75, 3.05) is 22.6 Å². The van der Waals surface area contributed by atoms with Gasteiger partial charge in [-0.15, -0.1) is 0 Å². The molecule has 156 valence electrons. The minimum atomic E-state index is -0.274. The van der Waals surface area contributed by atoms with Crippen LogP contribution >= 0.6 is 0 Å². The van der Waals surface area contributed by atoms with Crippen LogP contribution < -0.4 is 15.5 Å². The number of hydrogen-bond donors (Lipinski definition) is 2. The van der Waals surface area contributed by atoms with Gasteiger partial charge < -0.3 is 15.5 Å². The lowest BCUT2D eigenvalue weighted by atomic mass is 10.0. The number of nitrogens with one attached hydrogen (secondary N) is 2. The van der Waals surface area contributed by atoms with E-state index >= 15 is 0 Å². The summed E-state index contributed by atoms with van der Waals surface area (Å²) < 4.78 is 1.97. The van der Waals surface area contributed by atoms with Crippen molar-refractivity contribution in [3.05, 3.63) is 59.5 Å². The Labute approximate surface area is 176 Å². The maximum atomic E-state index is 12.1. The molecule has 0 radical (unpaired) electrons. The number of carbonyl (C=O) groups is 1. The zero-order valence-corrected chi connectivity index (χ0v) is 17.8. The molecular formula is C22H27N7O. The number of rotatable bonds is 6. The van der Waals surface area contributed by atoms with Crippen LogP contribution in [0.4, 0.5) is 17.5 Å². The number of benzene rings is 1. The van der Waals surface area contributed by atoms with Gasteiger partial charge in [-0.25, -0.2) is 4.98 Å². The molecule has 1 aromatic carbocycles. The Morgan fingerprint density at radius 1 is 1.23 bits per heavy atom. The Kier molecular flexibility index (Phi) is 5.39. The van der Waals surface area contributed by atoms with E-state index in [4.69, 9.17) is 0 Å². The van der Waals surface area contributed by atoms with Crippen molar-refractivity contribution in [1.82, 2.24) is 19.7 Å². The number of aryl methyl sites for hydroxylation is 1. The quantitative estimate of drug-likeness (QED) is 0.655. The maximum Gasteiger partial charge on any atom is 0.246 e. The fraction of sp³-hybridized carbons (Fsp3) is 0.364. The molecule has 2 aromatic heterocycles. The molecule has 0 saturated carbocycles. The van der Waals surface area contributed by atoms with Gasteiger partial charge in [-0.05, 0) is 19.4 Å². The van der Waals surface area contributed by atoms with Gasteiger partial charge in [-0.1, -0.05) is 37.3 Å². The molecule has 0 aliphatic carbocycles. The van der Waals surface area contributed by atoms with Crippen LogP contribution in [-0.2, 0) is 17.9 Å². The van der Waals surface area contributed by atoms with E-state index in [-0.39, 0.29) is 11.9 Å². The number of nitrogens with zero attached hydrogens (tertiary/aromatic N) is 5. The molecule has 2 atom stereocenters. The smallest absolute Gasteiger partial charge is 0.246 e. The minimum Gasteiger partial charge on any atom is -0.350 e. The van der Waals surface area contributed by atoms with Gasteiger partial charge in [0, 0.05) is 37.8 Å². The number of likely N-dealkylation sites (N-methyl/N-ethyl adjacent to an activating group) is 1. The molecule has 1 aliphatic rings. The average Bonchev–Trinajstić information content (AvgIpc) is 3.19. The number of carbonyl (C=O) groups excluding carboxylic acids is 1. The summed E-state index contributed by atoms with van der Waals surface area (Å²) in [5.41, 5.74) is 3.77. The minimum absolute atomic E-state index is 0.0467. The molecule has 1 amide bonds. The lowest BCUT2D eigenvalue weighted by molar-refractivity contribution is -0.117. The molecule has 0 bridgehead atoms. The Hall–Kier alpha value is -3.42. The number of aromatic nitrogens is 4. The first-order valence-electron chi connectivity index (χ1n) is 10.1. The van der Waals surface area contributed by atoms with Gasteiger partial charge in [0.2, 0.25) is 11.9 Å². The van der Waals surface area contributed by atoms with Gasteiger partial charge in [0.25, 0.3) is 0 Å². The second kappa shape index (κ2) is 8.14. The van der Waals surface area contributed by atoms with Crippen LogP contribution in [0.5, 0.6) is 0 Å². The molecule has 1 unspecified atom stereocenters. The Balaban J connectivity index is 1.42. The van der Waals surface area contributed by atoms with Crippen LogP contribution in [-0.4, -0.2) is 38.7 Å². The van der Waals surface area contributed by atoms with Crippen molar-refractivity contribution in [2.45, 2.75) is 45.8 Å². The molecule has 2 N–H and O–H groups in total. The highest BCUT2D eigenvalue weighted by Crippen LogP contribution is 2.32. The van der Waals surface area contributed by atoms with Crippen LogP contribution in [0.25, 0.3) is 0 Å². The normalized spacial score (nSPS) is 16.7. The lowest BCUT2D eigenvalue weighted by Gasteiger charge is -2.32. The van der Waals surface area contributed by atoms with E-state index in [9.17, 15) is 4.79 Å². The number of hydrogen-bond acceptors (Lipinski definition) is 6. The van der Waals surface area contributed by atoms with Crippen molar-refractivity contribution >= 4 is 23.4 Å². The van der Waals surface area contributed by atoms with Gasteiger partial charge in [0.1, 0.15) is 11.7 Å². The van der Waals surface area contributed by atoms with E-state index in [0.29, 0.717) is 24.1 Å². The zero-order valence-electron chi connectivity index (χ0n) is 17.8. The summed E-state index contributed by atoms with van der Waals surface area (Å²) >= 11 is 0. The number of amides is 1. The van der Waals surface area contributed by atoms with E-state index < -0.39 is 0 Å². The molecule has 4 rings (SSSR count). The second-order valence-electron chi connectivity index (χ2n) is 7.84. The molecule has 0 saturated heterocycles. The molecule has 3 heterocycles. The number of anilines is 3. The molecule has 8 heteroatoms. The van der Waals surface area contributed by atoms with E-state index in [0.717, 1.165) is 23.6 Å². The first-order chi connectivity index (χ1) is 14.4. The Bertz CT molecular complexity index is 1050. The highest BCUT2D eigenvalue weighted by molar-refractivity contribution is 6.03. The van der Waals surface area contributed by atoms with E-state index in [1.165, 1.54) is 5.56 Å². The van der Waals surface area contributed by atoms with E-state index in [1.54, 1.807) is 0 Å². The zero-order chi connectivity index (χ0) is 21.3. The van der Waals surface area contributed by atoms with E-state index in [2.05, 4.69) is 56.9 Å². The van der Waals surface area contributed by atoms with Gasteiger partial charge in [-0.2, -0.15) is 10.1 Å². The van der Waals surface area contributed by atoms with Crippen molar-refractivity contribution in [1.29, 1.82) is 0 Å². The first kappa shape index (κ1) is 19.9. The topological polar surface area (TPSA) is 88.0 Å². The van der Waals surface area contributed by atoms with Crippen LogP contribution in [0.3, 0.4) is 0 Å². The molecule has 1 aliphatic heterocycles. The highest BCUT2D eigenvalue weighted by atomic mass is 16.2. The average molecular weight is 406 g/mol. The summed E-state index contributed by atoms with van der Waals surface area (Å²) in [6.07, 6.45) is 3.91. The molecule has 30 heavy (non-hydrogen) atoms. The van der Waals surface area contributed by atoms with Crippen molar-refractivity contribution < 1.29 is 4.79 Å². The predicted octanol–water partition coefficient (Wildman–Crippen LogP) is 3.17. The van der Waals surface area contributed by atoms with E-state index in [1.807, 2.05) is 48.9 Å². The molecule has 8 nitrogen and oxygen atoms in total. The third-order valence-electron chi connectivity index (χ3n) is 5.58. The maximum absolute atomic E-state index is 12.1.